The molecule has 0 aliphatic rings. The first-order valence-electron chi connectivity index (χ1n) is 11.4. The van der Waals surface area contributed by atoms with Gasteiger partial charge in [-0.25, -0.2) is 4.79 Å². The van der Waals surface area contributed by atoms with Crippen molar-refractivity contribution in [1.82, 2.24) is 10.6 Å². The van der Waals surface area contributed by atoms with Gasteiger partial charge in [-0.05, 0) is 44.7 Å². The molecule has 2 rings (SSSR count). The summed E-state index contributed by atoms with van der Waals surface area (Å²) in [5.74, 6) is -3.95. The molecule has 0 spiro atoms. The van der Waals surface area contributed by atoms with Crippen molar-refractivity contribution in [2.45, 2.75) is 63.9 Å². The lowest BCUT2D eigenvalue weighted by Gasteiger charge is -2.27. The maximum Gasteiger partial charge on any atom is 0.471 e. The maximum atomic E-state index is 13.1. The van der Waals surface area contributed by atoms with E-state index in [-0.39, 0.29) is 12.8 Å². The minimum Gasteiger partial charge on any atom is -0.458 e. The van der Waals surface area contributed by atoms with Gasteiger partial charge in [0.05, 0.1) is 0 Å². The number of nitrogens with one attached hydrogen (secondary N) is 2. The number of hydrogen-bond donors (Lipinski definition) is 2. The average Bonchev–Trinajstić information content (AvgIpc) is 2.77. The van der Waals surface area contributed by atoms with Crippen molar-refractivity contribution in [3.63, 3.8) is 0 Å². The third-order valence-electron chi connectivity index (χ3n) is 4.96. The minimum absolute atomic E-state index is 0.000815. The van der Waals surface area contributed by atoms with E-state index in [1.807, 2.05) is 30.3 Å². The molecule has 0 radical (unpaired) electrons. The third kappa shape index (κ3) is 9.93. The summed E-state index contributed by atoms with van der Waals surface area (Å²) >= 11 is 0. The summed E-state index contributed by atoms with van der Waals surface area (Å²) in [5, 5.41) is 4.22. The molecule has 9 heteroatoms. The molecule has 6 nitrogen and oxygen atoms in total. The number of esters is 1. The second-order valence-electron chi connectivity index (χ2n) is 9.42. The van der Waals surface area contributed by atoms with Crippen LogP contribution >= 0.6 is 0 Å². The zero-order chi connectivity index (χ0) is 26.9. The molecule has 2 aromatic carbocycles. The lowest BCUT2D eigenvalue weighted by molar-refractivity contribution is -0.174. The molecule has 194 valence electrons. The molecule has 0 heterocycles. The van der Waals surface area contributed by atoms with Gasteiger partial charge in [0.2, 0.25) is 5.91 Å². The van der Waals surface area contributed by atoms with Gasteiger partial charge >= 0.3 is 18.1 Å². The Hall–Kier alpha value is -3.62. The average molecular weight is 505 g/mol. The summed E-state index contributed by atoms with van der Waals surface area (Å²) in [6.45, 7) is 8.96. The third-order valence-corrected chi connectivity index (χ3v) is 4.96. The molecule has 0 saturated carbocycles. The van der Waals surface area contributed by atoms with Crippen LogP contribution in [-0.2, 0) is 32.0 Å². The number of ether oxygens (including phenoxy) is 1. The van der Waals surface area contributed by atoms with E-state index in [1.165, 1.54) is 0 Å². The molecular formula is C27H31F3N2O4. The predicted molar refractivity (Wildman–Crippen MR) is 130 cm³/mol. The molecule has 36 heavy (non-hydrogen) atoms. The van der Waals surface area contributed by atoms with Gasteiger partial charge in [-0.3, -0.25) is 9.59 Å². The van der Waals surface area contributed by atoms with E-state index < -0.39 is 41.6 Å². The topological polar surface area (TPSA) is 84.5 Å². The van der Waals surface area contributed by atoms with Gasteiger partial charge in [-0.15, -0.1) is 0 Å². The molecule has 0 bridgehead atoms. The maximum absolute atomic E-state index is 13.1. The first-order chi connectivity index (χ1) is 16.7. The van der Waals surface area contributed by atoms with Crippen molar-refractivity contribution in [2.24, 2.45) is 0 Å². The minimum atomic E-state index is -5.18. The van der Waals surface area contributed by atoms with E-state index in [1.54, 1.807) is 56.4 Å². The van der Waals surface area contributed by atoms with Crippen LogP contribution in [-0.4, -0.2) is 41.6 Å². The van der Waals surface area contributed by atoms with Crippen LogP contribution in [0.3, 0.4) is 0 Å². The van der Waals surface area contributed by atoms with Gasteiger partial charge in [0.25, 0.3) is 0 Å². The Kier molecular flexibility index (Phi) is 9.84. The Balaban J connectivity index is 2.24. The van der Waals surface area contributed by atoms with E-state index in [0.717, 1.165) is 5.56 Å². The number of rotatable bonds is 10. The smallest absolute Gasteiger partial charge is 0.458 e. The van der Waals surface area contributed by atoms with Crippen molar-refractivity contribution >= 4 is 17.8 Å². The van der Waals surface area contributed by atoms with Crippen LogP contribution in [0.2, 0.25) is 0 Å². The SMILES string of the molecule is C=C(Cc1ccccc1)C[C@@H](NC(=O)[C@H](Cc1ccccc1)NC(=O)C(F)(F)F)C(=O)OC(C)(C)C. The van der Waals surface area contributed by atoms with Crippen LogP contribution in [0.5, 0.6) is 0 Å². The first-order valence-corrected chi connectivity index (χ1v) is 11.4. The van der Waals surface area contributed by atoms with Gasteiger partial charge in [0.1, 0.15) is 17.7 Å². The van der Waals surface area contributed by atoms with Crippen molar-refractivity contribution in [3.8, 4) is 0 Å². The highest BCUT2D eigenvalue weighted by molar-refractivity contribution is 5.92. The zero-order valence-electron chi connectivity index (χ0n) is 20.5. The Bertz CT molecular complexity index is 1050. The van der Waals surface area contributed by atoms with Gasteiger partial charge in [0, 0.05) is 6.42 Å². The summed E-state index contributed by atoms with van der Waals surface area (Å²) in [4.78, 5) is 37.6. The monoisotopic (exact) mass is 504 g/mol. The van der Waals surface area contributed by atoms with E-state index in [4.69, 9.17) is 4.74 Å². The normalized spacial score (nSPS) is 13.3. The van der Waals surface area contributed by atoms with Crippen molar-refractivity contribution in [2.75, 3.05) is 0 Å². The Morgan fingerprint density at radius 1 is 0.861 bits per heavy atom. The highest BCUT2D eigenvalue weighted by Crippen LogP contribution is 2.18. The number of alkyl halides is 3. The molecule has 0 aliphatic carbocycles. The summed E-state index contributed by atoms with van der Waals surface area (Å²) in [6, 6.07) is 14.8. The van der Waals surface area contributed by atoms with Gasteiger partial charge in [-0.1, -0.05) is 72.8 Å². The molecule has 0 fully saturated rings. The lowest BCUT2D eigenvalue weighted by Crippen LogP contribution is -2.55. The molecule has 2 N–H and O–H groups in total. The van der Waals surface area contributed by atoms with E-state index in [9.17, 15) is 27.6 Å². The molecular weight excluding hydrogens is 473 g/mol. The molecule has 2 aromatic rings. The molecule has 0 saturated heterocycles. The second kappa shape index (κ2) is 12.4. The van der Waals surface area contributed by atoms with Crippen LogP contribution in [0.15, 0.2) is 72.8 Å². The Morgan fingerprint density at radius 2 is 1.39 bits per heavy atom. The number of benzene rings is 2. The van der Waals surface area contributed by atoms with E-state index >= 15 is 0 Å². The summed E-state index contributed by atoms with van der Waals surface area (Å²) in [5.41, 5.74) is 1.21. The standard InChI is InChI=1S/C27H31F3N2O4/c1-18(15-19-11-7-5-8-12-19)16-22(24(34)36-26(2,3)4)31-23(33)21(32-25(35)27(28,29)30)17-20-13-9-6-10-14-20/h5-14,21-22H,1,15-17H2,2-4H3,(H,31,33)(H,32,35)/t21-,22+/m0/s1. The van der Waals surface area contributed by atoms with Gasteiger partial charge in [-0.2, -0.15) is 13.2 Å². The molecule has 2 amide bonds. The van der Waals surface area contributed by atoms with Crippen molar-refractivity contribution < 1.29 is 32.3 Å². The number of carbonyl (C=O) groups excluding carboxylic acids is 3. The van der Waals surface area contributed by atoms with Crippen molar-refractivity contribution in [3.05, 3.63) is 83.9 Å². The van der Waals surface area contributed by atoms with Crippen molar-refractivity contribution in [1.29, 1.82) is 0 Å². The first kappa shape index (κ1) is 28.6. The van der Waals surface area contributed by atoms with Gasteiger partial charge < -0.3 is 15.4 Å². The van der Waals surface area contributed by atoms with E-state index in [0.29, 0.717) is 17.6 Å². The lowest BCUT2D eigenvalue weighted by atomic mass is 9.99. The number of hydrogen-bond acceptors (Lipinski definition) is 4. The second-order valence-corrected chi connectivity index (χ2v) is 9.42. The van der Waals surface area contributed by atoms with Crippen LogP contribution in [0, 0.1) is 0 Å². The highest BCUT2D eigenvalue weighted by Gasteiger charge is 2.41. The van der Waals surface area contributed by atoms with Gasteiger partial charge in [0.15, 0.2) is 0 Å². The zero-order valence-corrected chi connectivity index (χ0v) is 20.5. The predicted octanol–water partition coefficient (Wildman–Crippen LogP) is 4.29. The molecule has 2 atom stereocenters. The van der Waals surface area contributed by atoms with Crippen LogP contribution in [0.4, 0.5) is 13.2 Å². The Morgan fingerprint density at radius 3 is 1.89 bits per heavy atom. The highest BCUT2D eigenvalue weighted by atomic mass is 19.4. The number of carbonyl (C=O) groups is 3. The summed E-state index contributed by atoms with van der Waals surface area (Å²) in [7, 11) is 0. The van der Waals surface area contributed by atoms with E-state index in [2.05, 4.69) is 11.9 Å². The number of amides is 2. The van der Waals surface area contributed by atoms with Crippen LogP contribution in [0.25, 0.3) is 0 Å². The van der Waals surface area contributed by atoms with Crippen LogP contribution < -0.4 is 10.6 Å². The fourth-order valence-corrected chi connectivity index (χ4v) is 3.38. The summed E-state index contributed by atoms with van der Waals surface area (Å²) < 4.78 is 44.2. The Labute approximate surface area is 208 Å². The molecule has 0 aliphatic heterocycles. The quantitative estimate of drug-likeness (QED) is 0.374. The molecule has 0 aromatic heterocycles. The van der Waals surface area contributed by atoms with Crippen LogP contribution in [0.1, 0.15) is 38.3 Å². The fourth-order valence-electron chi connectivity index (χ4n) is 3.38. The molecule has 0 unspecified atom stereocenters. The fraction of sp³-hybridized carbons (Fsp3) is 0.370. The summed E-state index contributed by atoms with van der Waals surface area (Å²) in [6.07, 6.45) is -4.96. The largest absolute Gasteiger partial charge is 0.471 e. The number of halogens is 3.